The van der Waals surface area contributed by atoms with Crippen LogP contribution in [0.2, 0.25) is 0 Å². The van der Waals surface area contributed by atoms with E-state index in [0.717, 1.165) is 12.6 Å². The minimum atomic E-state index is 0.685. The van der Waals surface area contributed by atoms with Crippen molar-refractivity contribution in [1.29, 1.82) is 0 Å². The predicted octanol–water partition coefficient (Wildman–Crippen LogP) is 1.43. The van der Waals surface area contributed by atoms with E-state index in [9.17, 15) is 0 Å². The van der Waals surface area contributed by atoms with Gasteiger partial charge in [-0.25, -0.2) is 0 Å². The third-order valence-corrected chi connectivity index (χ3v) is 4.35. The number of nitrogens with one attached hydrogen (secondary N) is 2. The van der Waals surface area contributed by atoms with E-state index in [1.165, 1.54) is 50.0 Å². The van der Waals surface area contributed by atoms with E-state index in [1.807, 2.05) is 6.20 Å². The number of rotatable bonds is 3. The van der Waals surface area contributed by atoms with Gasteiger partial charge < -0.3 is 5.32 Å². The lowest BCUT2D eigenvalue weighted by Crippen LogP contribution is -2.44. The van der Waals surface area contributed by atoms with Gasteiger partial charge in [-0.2, -0.15) is 5.10 Å². The van der Waals surface area contributed by atoms with Gasteiger partial charge in [0.05, 0.1) is 6.20 Å². The van der Waals surface area contributed by atoms with Crippen LogP contribution in [-0.4, -0.2) is 40.3 Å². The fourth-order valence-corrected chi connectivity index (χ4v) is 3.28. The van der Waals surface area contributed by atoms with Crippen molar-refractivity contribution in [3.8, 4) is 0 Å². The van der Waals surface area contributed by atoms with Crippen molar-refractivity contribution < 1.29 is 0 Å². The van der Waals surface area contributed by atoms with Crippen molar-refractivity contribution >= 4 is 0 Å². The van der Waals surface area contributed by atoms with Crippen LogP contribution in [0.1, 0.15) is 36.9 Å². The Morgan fingerprint density at radius 1 is 1.41 bits per heavy atom. The SMILES string of the molecule is Cc1[nH]ncc1CNC1CCN2CCCCC12. The molecule has 0 aliphatic carbocycles. The number of nitrogens with zero attached hydrogens (tertiary/aromatic N) is 2. The summed E-state index contributed by atoms with van der Waals surface area (Å²) in [5.41, 5.74) is 2.50. The Hall–Kier alpha value is -0.870. The maximum absolute atomic E-state index is 4.07. The molecule has 0 saturated carbocycles. The quantitative estimate of drug-likeness (QED) is 0.831. The maximum Gasteiger partial charge on any atom is 0.0535 e. The molecule has 2 unspecified atom stereocenters. The van der Waals surface area contributed by atoms with E-state index in [-0.39, 0.29) is 0 Å². The van der Waals surface area contributed by atoms with Crippen LogP contribution >= 0.6 is 0 Å². The summed E-state index contributed by atoms with van der Waals surface area (Å²) in [7, 11) is 0. The van der Waals surface area contributed by atoms with Crippen molar-refractivity contribution in [2.75, 3.05) is 13.1 Å². The second kappa shape index (κ2) is 4.78. The zero-order valence-corrected chi connectivity index (χ0v) is 10.6. The lowest BCUT2D eigenvalue weighted by atomic mass is 9.99. The maximum atomic E-state index is 4.07. The van der Waals surface area contributed by atoms with Crippen LogP contribution in [0.15, 0.2) is 6.20 Å². The fraction of sp³-hybridized carbons (Fsp3) is 0.769. The van der Waals surface area contributed by atoms with Crippen LogP contribution in [-0.2, 0) is 6.54 Å². The highest BCUT2D eigenvalue weighted by Gasteiger charge is 2.34. The van der Waals surface area contributed by atoms with E-state index in [4.69, 9.17) is 0 Å². The Labute approximate surface area is 103 Å². The molecule has 0 bridgehead atoms. The molecule has 4 heteroatoms. The molecule has 1 aromatic heterocycles. The first kappa shape index (κ1) is 11.2. The van der Waals surface area contributed by atoms with Crippen LogP contribution in [0.4, 0.5) is 0 Å². The van der Waals surface area contributed by atoms with Gasteiger partial charge in [0, 0.05) is 36.4 Å². The molecule has 17 heavy (non-hydrogen) atoms. The van der Waals surface area contributed by atoms with Gasteiger partial charge in [0.15, 0.2) is 0 Å². The largest absolute Gasteiger partial charge is 0.308 e. The number of aromatic amines is 1. The number of hydrogen-bond acceptors (Lipinski definition) is 3. The minimum absolute atomic E-state index is 0.685. The molecule has 4 nitrogen and oxygen atoms in total. The van der Waals surface area contributed by atoms with E-state index in [0.29, 0.717) is 6.04 Å². The van der Waals surface area contributed by atoms with Gasteiger partial charge in [-0.05, 0) is 32.7 Å². The number of H-pyrrole nitrogens is 1. The van der Waals surface area contributed by atoms with Crippen LogP contribution in [0.3, 0.4) is 0 Å². The molecule has 0 aromatic carbocycles. The van der Waals surface area contributed by atoms with Crippen molar-refractivity contribution in [3.63, 3.8) is 0 Å². The smallest absolute Gasteiger partial charge is 0.0535 e. The second-order valence-corrected chi connectivity index (χ2v) is 5.40. The highest BCUT2D eigenvalue weighted by Crippen LogP contribution is 2.27. The molecular weight excluding hydrogens is 212 g/mol. The van der Waals surface area contributed by atoms with Gasteiger partial charge in [-0.15, -0.1) is 0 Å². The molecule has 2 saturated heterocycles. The van der Waals surface area contributed by atoms with E-state index < -0.39 is 0 Å². The summed E-state index contributed by atoms with van der Waals surface area (Å²) in [4.78, 5) is 2.67. The summed E-state index contributed by atoms with van der Waals surface area (Å²) in [5.74, 6) is 0. The van der Waals surface area contributed by atoms with Crippen LogP contribution in [0.5, 0.6) is 0 Å². The molecule has 94 valence electrons. The molecule has 2 atom stereocenters. The average Bonchev–Trinajstić information content (AvgIpc) is 2.93. The second-order valence-electron chi connectivity index (χ2n) is 5.40. The Kier molecular flexibility index (Phi) is 3.16. The highest BCUT2D eigenvalue weighted by molar-refractivity contribution is 5.14. The first-order chi connectivity index (χ1) is 8.34. The summed E-state index contributed by atoms with van der Waals surface area (Å²) in [6, 6.07) is 1.47. The Morgan fingerprint density at radius 3 is 3.18 bits per heavy atom. The zero-order valence-electron chi connectivity index (χ0n) is 10.6. The van der Waals surface area contributed by atoms with Crippen LogP contribution in [0, 0.1) is 6.92 Å². The van der Waals surface area contributed by atoms with E-state index in [1.54, 1.807) is 0 Å². The van der Waals surface area contributed by atoms with Crippen molar-refractivity contribution in [1.82, 2.24) is 20.4 Å². The monoisotopic (exact) mass is 234 g/mol. The van der Waals surface area contributed by atoms with Crippen molar-refractivity contribution in [2.45, 2.75) is 51.2 Å². The van der Waals surface area contributed by atoms with Gasteiger partial charge in [0.1, 0.15) is 0 Å². The number of hydrogen-bond donors (Lipinski definition) is 2. The highest BCUT2D eigenvalue weighted by atomic mass is 15.2. The van der Waals surface area contributed by atoms with E-state index >= 15 is 0 Å². The first-order valence-electron chi connectivity index (χ1n) is 6.81. The Bertz CT molecular complexity index is 373. The molecule has 0 radical (unpaired) electrons. The third kappa shape index (κ3) is 2.24. The van der Waals surface area contributed by atoms with Crippen LogP contribution < -0.4 is 5.32 Å². The lowest BCUT2D eigenvalue weighted by molar-refractivity contribution is 0.180. The summed E-state index contributed by atoms with van der Waals surface area (Å²) < 4.78 is 0. The van der Waals surface area contributed by atoms with Gasteiger partial charge in [0.25, 0.3) is 0 Å². The minimum Gasteiger partial charge on any atom is -0.308 e. The lowest BCUT2D eigenvalue weighted by Gasteiger charge is -2.32. The van der Waals surface area contributed by atoms with Gasteiger partial charge in [0.2, 0.25) is 0 Å². The molecule has 2 aliphatic rings. The molecule has 2 fully saturated rings. The summed E-state index contributed by atoms with van der Waals surface area (Å²) in [6.07, 6.45) is 7.42. The fourth-order valence-electron chi connectivity index (χ4n) is 3.28. The first-order valence-corrected chi connectivity index (χ1v) is 6.81. The van der Waals surface area contributed by atoms with E-state index in [2.05, 4.69) is 27.3 Å². The molecule has 2 N–H and O–H groups in total. The molecule has 1 aromatic rings. The Morgan fingerprint density at radius 2 is 2.35 bits per heavy atom. The zero-order chi connectivity index (χ0) is 11.7. The van der Waals surface area contributed by atoms with Crippen molar-refractivity contribution in [2.24, 2.45) is 0 Å². The number of fused-ring (bicyclic) bond motifs is 1. The number of piperidine rings is 1. The normalized spacial score (nSPS) is 29.5. The molecular formula is C13H22N4. The molecule has 0 spiro atoms. The summed E-state index contributed by atoms with van der Waals surface area (Å²) >= 11 is 0. The summed E-state index contributed by atoms with van der Waals surface area (Å²) in [5, 5.41) is 10.8. The molecule has 3 rings (SSSR count). The van der Waals surface area contributed by atoms with Crippen molar-refractivity contribution in [3.05, 3.63) is 17.5 Å². The Balaban J connectivity index is 1.57. The number of aromatic nitrogens is 2. The molecule has 3 heterocycles. The summed E-state index contributed by atoms with van der Waals surface area (Å²) in [6.45, 7) is 5.64. The third-order valence-electron chi connectivity index (χ3n) is 4.35. The number of aryl methyl sites for hydroxylation is 1. The van der Waals surface area contributed by atoms with Crippen LogP contribution in [0.25, 0.3) is 0 Å². The predicted molar refractivity (Wildman–Crippen MR) is 67.8 cm³/mol. The van der Waals surface area contributed by atoms with Gasteiger partial charge >= 0.3 is 0 Å². The molecule has 0 amide bonds. The van der Waals surface area contributed by atoms with Gasteiger partial charge in [-0.3, -0.25) is 10.00 Å². The average molecular weight is 234 g/mol. The van der Waals surface area contributed by atoms with Gasteiger partial charge in [-0.1, -0.05) is 6.42 Å². The topological polar surface area (TPSA) is 44.0 Å². The molecule has 2 aliphatic heterocycles. The standard InChI is InChI=1S/C13H22N4/c1-10-11(9-15-16-10)8-14-12-5-7-17-6-3-2-4-13(12)17/h9,12-14H,2-8H2,1H3,(H,15,16).